The molecular formula is C9H6BrNOS. The SMILES string of the molecule is O=C(c1cc[nH]c1)c1ccc(Br)s1. The Hall–Kier alpha value is -0.870. The molecule has 0 aromatic carbocycles. The highest BCUT2D eigenvalue weighted by Crippen LogP contribution is 2.24. The largest absolute Gasteiger partial charge is 0.367 e. The Morgan fingerprint density at radius 3 is 2.77 bits per heavy atom. The number of H-pyrrole nitrogens is 1. The van der Waals surface area contributed by atoms with Crippen molar-refractivity contribution in [1.82, 2.24) is 4.98 Å². The van der Waals surface area contributed by atoms with Crippen LogP contribution in [0.2, 0.25) is 0 Å². The summed E-state index contributed by atoms with van der Waals surface area (Å²) in [6.07, 6.45) is 3.45. The first-order chi connectivity index (χ1) is 6.27. The van der Waals surface area contributed by atoms with Crippen LogP contribution in [-0.4, -0.2) is 10.8 Å². The minimum Gasteiger partial charge on any atom is -0.367 e. The van der Waals surface area contributed by atoms with Crippen LogP contribution < -0.4 is 0 Å². The summed E-state index contributed by atoms with van der Waals surface area (Å²) in [7, 11) is 0. The van der Waals surface area contributed by atoms with E-state index in [0.717, 1.165) is 8.66 Å². The molecule has 4 heteroatoms. The lowest BCUT2D eigenvalue weighted by Crippen LogP contribution is -1.95. The molecule has 0 aliphatic heterocycles. The zero-order valence-electron chi connectivity index (χ0n) is 6.58. The molecule has 1 N–H and O–H groups in total. The second kappa shape index (κ2) is 3.47. The second-order valence-corrected chi connectivity index (χ2v) is 5.00. The lowest BCUT2D eigenvalue weighted by Gasteiger charge is -1.90. The molecule has 2 aromatic heterocycles. The number of carbonyl (C=O) groups excluding carboxylic acids is 1. The predicted octanol–water partition coefficient (Wildman–Crippen LogP) is 3.07. The van der Waals surface area contributed by atoms with Gasteiger partial charge in [0.2, 0.25) is 5.78 Å². The smallest absolute Gasteiger partial charge is 0.204 e. The summed E-state index contributed by atoms with van der Waals surface area (Å²) in [5, 5.41) is 0. The van der Waals surface area contributed by atoms with Crippen LogP contribution in [0.1, 0.15) is 15.2 Å². The molecule has 0 bridgehead atoms. The number of thiophene rings is 1. The van der Waals surface area contributed by atoms with Crippen molar-refractivity contribution >= 4 is 33.0 Å². The van der Waals surface area contributed by atoms with Crippen molar-refractivity contribution in [1.29, 1.82) is 0 Å². The van der Waals surface area contributed by atoms with Crippen molar-refractivity contribution in [3.8, 4) is 0 Å². The van der Waals surface area contributed by atoms with Crippen LogP contribution in [0.3, 0.4) is 0 Å². The monoisotopic (exact) mass is 255 g/mol. The van der Waals surface area contributed by atoms with Crippen molar-refractivity contribution in [2.45, 2.75) is 0 Å². The van der Waals surface area contributed by atoms with Crippen molar-refractivity contribution in [2.75, 3.05) is 0 Å². The molecule has 0 fully saturated rings. The Labute approximate surface area is 87.7 Å². The number of halogens is 1. The minimum atomic E-state index is 0.0666. The van der Waals surface area contributed by atoms with E-state index < -0.39 is 0 Å². The average Bonchev–Trinajstić information content (AvgIpc) is 2.72. The highest BCUT2D eigenvalue weighted by Gasteiger charge is 2.10. The Balaban J connectivity index is 2.33. The zero-order chi connectivity index (χ0) is 9.26. The van der Waals surface area contributed by atoms with Gasteiger partial charge >= 0.3 is 0 Å². The van der Waals surface area contributed by atoms with Crippen molar-refractivity contribution in [2.24, 2.45) is 0 Å². The Kier molecular flexibility index (Phi) is 2.33. The third kappa shape index (κ3) is 1.73. The van der Waals surface area contributed by atoms with Gasteiger partial charge in [0.15, 0.2) is 0 Å². The first-order valence-electron chi connectivity index (χ1n) is 3.70. The van der Waals surface area contributed by atoms with E-state index in [1.54, 1.807) is 18.5 Å². The second-order valence-electron chi connectivity index (χ2n) is 2.53. The van der Waals surface area contributed by atoms with Crippen LogP contribution in [0.15, 0.2) is 34.4 Å². The normalized spacial score (nSPS) is 10.2. The van der Waals surface area contributed by atoms with E-state index in [-0.39, 0.29) is 5.78 Å². The first-order valence-corrected chi connectivity index (χ1v) is 5.31. The topological polar surface area (TPSA) is 32.9 Å². The van der Waals surface area contributed by atoms with Crippen LogP contribution in [0.5, 0.6) is 0 Å². The zero-order valence-corrected chi connectivity index (χ0v) is 8.98. The van der Waals surface area contributed by atoms with E-state index in [4.69, 9.17) is 0 Å². The van der Waals surface area contributed by atoms with E-state index >= 15 is 0 Å². The number of aromatic amines is 1. The number of hydrogen-bond donors (Lipinski definition) is 1. The van der Waals surface area contributed by atoms with Gasteiger partial charge in [0.1, 0.15) is 0 Å². The third-order valence-electron chi connectivity index (χ3n) is 1.66. The Morgan fingerprint density at radius 2 is 2.23 bits per heavy atom. The maximum Gasteiger partial charge on any atom is 0.204 e. The maximum atomic E-state index is 11.7. The van der Waals surface area contributed by atoms with Gasteiger partial charge in [-0.25, -0.2) is 0 Å². The van der Waals surface area contributed by atoms with Gasteiger partial charge in [0.25, 0.3) is 0 Å². The molecule has 0 aliphatic rings. The summed E-state index contributed by atoms with van der Waals surface area (Å²) in [5.41, 5.74) is 0.703. The maximum absolute atomic E-state index is 11.7. The summed E-state index contributed by atoms with van der Waals surface area (Å²) >= 11 is 4.77. The van der Waals surface area contributed by atoms with Crippen LogP contribution in [0.4, 0.5) is 0 Å². The van der Waals surface area contributed by atoms with E-state index in [0.29, 0.717) is 5.56 Å². The van der Waals surface area contributed by atoms with Gasteiger partial charge in [0.05, 0.1) is 8.66 Å². The fraction of sp³-hybridized carbons (Fsp3) is 0. The number of aromatic nitrogens is 1. The summed E-state index contributed by atoms with van der Waals surface area (Å²) in [6.45, 7) is 0. The van der Waals surface area contributed by atoms with E-state index in [2.05, 4.69) is 20.9 Å². The number of nitrogens with one attached hydrogen (secondary N) is 1. The molecule has 0 radical (unpaired) electrons. The van der Waals surface area contributed by atoms with Gasteiger partial charge < -0.3 is 4.98 Å². The van der Waals surface area contributed by atoms with Crippen LogP contribution >= 0.6 is 27.3 Å². The molecule has 0 amide bonds. The van der Waals surface area contributed by atoms with Gasteiger partial charge in [0, 0.05) is 18.0 Å². The third-order valence-corrected chi connectivity index (χ3v) is 3.28. The van der Waals surface area contributed by atoms with Crippen LogP contribution in [-0.2, 0) is 0 Å². The van der Waals surface area contributed by atoms with E-state index in [1.807, 2.05) is 12.1 Å². The molecule has 66 valence electrons. The van der Waals surface area contributed by atoms with Crippen molar-refractivity contribution in [3.05, 3.63) is 44.8 Å². The van der Waals surface area contributed by atoms with Gasteiger partial charge in [-0.1, -0.05) is 0 Å². The average molecular weight is 256 g/mol. The van der Waals surface area contributed by atoms with Gasteiger partial charge in [-0.05, 0) is 34.1 Å². The summed E-state index contributed by atoms with van der Waals surface area (Å²) in [5.74, 6) is 0.0666. The van der Waals surface area contributed by atoms with Gasteiger partial charge in [-0.2, -0.15) is 0 Å². The number of rotatable bonds is 2. The molecular weight excluding hydrogens is 250 g/mol. The molecule has 2 aromatic rings. The molecule has 0 aliphatic carbocycles. The molecule has 13 heavy (non-hydrogen) atoms. The quantitative estimate of drug-likeness (QED) is 0.823. The number of carbonyl (C=O) groups is 1. The van der Waals surface area contributed by atoms with E-state index in [9.17, 15) is 4.79 Å². The van der Waals surface area contributed by atoms with Gasteiger partial charge in [-0.3, -0.25) is 4.79 Å². The molecule has 0 atom stereocenters. The van der Waals surface area contributed by atoms with E-state index in [1.165, 1.54) is 11.3 Å². The highest BCUT2D eigenvalue weighted by molar-refractivity contribution is 9.11. The lowest BCUT2D eigenvalue weighted by atomic mass is 10.2. The molecule has 2 nitrogen and oxygen atoms in total. The summed E-state index contributed by atoms with van der Waals surface area (Å²) in [4.78, 5) is 15.3. The number of hydrogen-bond acceptors (Lipinski definition) is 2. The molecule has 0 unspecified atom stereocenters. The molecule has 2 heterocycles. The molecule has 0 saturated carbocycles. The Bertz CT molecular complexity index is 419. The summed E-state index contributed by atoms with van der Waals surface area (Å²) in [6, 6.07) is 5.48. The predicted molar refractivity (Wildman–Crippen MR) is 56.2 cm³/mol. The highest BCUT2D eigenvalue weighted by atomic mass is 79.9. The van der Waals surface area contributed by atoms with Crippen molar-refractivity contribution < 1.29 is 4.79 Å². The fourth-order valence-electron chi connectivity index (χ4n) is 1.04. The van der Waals surface area contributed by atoms with Crippen LogP contribution in [0, 0.1) is 0 Å². The summed E-state index contributed by atoms with van der Waals surface area (Å²) < 4.78 is 0.978. The number of ketones is 1. The van der Waals surface area contributed by atoms with Crippen LogP contribution in [0.25, 0.3) is 0 Å². The Morgan fingerprint density at radius 1 is 1.38 bits per heavy atom. The molecule has 2 rings (SSSR count). The lowest BCUT2D eigenvalue weighted by molar-refractivity contribution is 0.104. The standard InChI is InChI=1S/C9H6BrNOS/c10-8-2-1-7(13-8)9(12)6-3-4-11-5-6/h1-5,11H. The minimum absolute atomic E-state index is 0.0666. The van der Waals surface area contributed by atoms with Gasteiger partial charge in [-0.15, -0.1) is 11.3 Å². The molecule has 0 spiro atoms. The molecule has 0 saturated heterocycles. The fourth-order valence-corrected chi connectivity index (χ4v) is 2.39. The van der Waals surface area contributed by atoms with Crippen molar-refractivity contribution in [3.63, 3.8) is 0 Å². The first kappa shape index (κ1) is 8.72.